The number of para-hydroxylation sites is 1. The number of nitrogens with one attached hydrogen (secondary N) is 1. The number of rotatable bonds is 9. The zero-order valence-electron chi connectivity index (χ0n) is 15.5. The molecule has 0 saturated heterocycles. The molecule has 5 nitrogen and oxygen atoms in total. The van der Waals surface area contributed by atoms with Crippen LogP contribution in [0.3, 0.4) is 0 Å². The Balaban J connectivity index is 2.08. The molecule has 0 bridgehead atoms. The highest BCUT2D eigenvalue weighted by Crippen LogP contribution is 2.32. The molecule has 0 fully saturated rings. The number of ether oxygens (including phenoxy) is 2. The number of methoxy groups -OCH3 is 1. The van der Waals surface area contributed by atoms with Gasteiger partial charge in [-0.25, -0.2) is 0 Å². The molecule has 5 heteroatoms. The average molecular weight is 344 g/mol. The number of likely N-dealkylation sites (N-methyl/N-ethyl adjacent to an activating group) is 1. The van der Waals surface area contributed by atoms with Crippen molar-refractivity contribution in [1.82, 2.24) is 0 Å². The van der Waals surface area contributed by atoms with Crippen molar-refractivity contribution in [3.8, 4) is 11.5 Å². The molecule has 0 atom stereocenters. The molecule has 2 aromatic rings. The Bertz CT molecular complexity index is 656. The van der Waals surface area contributed by atoms with Gasteiger partial charge < -0.3 is 24.8 Å². The molecule has 136 valence electrons. The second-order valence-corrected chi connectivity index (χ2v) is 6.16. The van der Waals surface area contributed by atoms with E-state index in [2.05, 4.69) is 5.32 Å². The smallest absolute Gasteiger partial charge is 0.166 e. The molecule has 0 saturated carbocycles. The topological polar surface area (TPSA) is 54.0 Å². The second-order valence-electron chi connectivity index (χ2n) is 6.16. The standard InChI is InChI=1S/C20H28N2O3/c1-15(2)25-20-16(6-5-7-19(20)24-4)14-21-17-8-10-18(11-9-17)22(3)12-13-23/h5-11,15,21,23H,12-14H2,1-4H3. The summed E-state index contributed by atoms with van der Waals surface area (Å²) in [5, 5.41) is 12.4. The Labute approximate surface area is 150 Å². The second kappa shape index (κ2) is 9.18. The van der Waals surface area contributed by atoms with Gasteiger partial charge in [-0.2, -0.15) is 0 Å². The lowest BCUT2D eigenvalue weighted by atomic mass is 10.1. The number of benzene rings is 2. The van der Waals surface area contributed by atoms with Gasteiger partial charge in [-0.15, -0.1) is 0 Å². The molecule has 0 aliphatic heterocycles. The van der Waals surface area contributed by atoms with Gasteiger partial charge in [0.1, 0.15) is 0 Å². The van der Waals surface area contributed by atoms with Crippen molar-refractivity contribution in [2.45, 2.75) is 26.5 Å². The minimum Gasteiger partial charge on any atom is -0.493 e. The van der Waals surface area contributed by atoms with E-state index in [1.165, 1.54) is 0 Å². The van der Waals surface area contributed by atoms with Crippen LogP contribution in [0.15, 0.2) is 42.5 Å². The third-order valence-electron chi connectivity index (χ3n) is 3.86. The minimum absolute atomic E-state index is 0.0800. The van der Waals surface area contributed by atoms with Crippen molar-refractivity contribution in [2.24, 2.45) is 0 Å². The van der Waals surface area contributed by atoms with E-state index in [9.17, 15) is 0 Å². The van der Waals surface area contributed by atoms with E-state index in [0.29, 0.717) is 13.1 Å². The first-order valence-corrected chi connectivity index (χ1v) is 8.53. The van der Waals surface area contributed by atoms with Crippen LogP contribution >= 0.6 is 0 Å². The minimum atomic E-state index is 0.0800. The predicted octanol–water partition coefficient (Wildman–Crippen LogP) is 3.52. The Morgan fingerprint density at radius 1 is 1.12 bits per heavy atom. The molecule has 0 radical (unpaired) electrons. The maximum atomic E-state index is 9.02. The maximum Gasteiger partial charge on any atom is 0.166 e. The molecule has 0 spiro atoms. The van der Waals surface area contributed by atoms with E-state index < -0.39 is 0 Å². The van der Waals surface area contributed by atoms with Crippen molar-refractivity contribution < 1.29 is 14.6 Å². The van der Waals surface area contributed by atoms with Gasteiger partial charge >= 0.3 is 0 Å². The van der Waals surface area contributed by atoms with Crippen LogP contribution < -0.4 is 19.7 Å². The number of aliphatic hydroxyl groups is 1. The molecule has 0 amide bonds. The van der Waals surface area contributed by atoms with E-state index in [-0.39, 0.29) is 12.7 Å². The van der Waals surface area contributed by atoms with Crippen molar-refractivity contribution in [1.29, 1.82) is 0 Å². The zero-order chi connectivity index (χ0) is 18.2. The summed E-state index contributed by atoms with van der Waals surface area (Å²) in [5.41, 5.74) is 3.15. The fraction of sp³-hybridized carbons (Fsp3) is 0.400. The summed E-state index contributed by atoms with van der Waals surface area (Å²) < 4.78 is 11.4. The Kier molecular flexibility index (Phi) is 6.95. The van der Waals surface area contributed by atoms with Gasteiger partial charge in [0, 0.05) is 37.1 Å². The molecule has 2 aromatic carbocycles. The van der Waals surface area contributed by atoms with Crippen molar-refractivity contribution in [3.63, 3.8) is 0 Å². The van der Waals surface area contributed by atoms with Gasteiger partial charge in [0.15, 0.2) is 11.5 Å². The monoisotopic (exact) mass is 344 g/mol. The fourth-order valence-corrected chi connectivity index (χ4v) is 2.54. The molecule has 2 rings (SSSR count). The maximum absolute atomic E-state index is 9.02. The zero-order valence-corrected chi connectivity index (χ0v) is 15.5. The lowest BCUT2D eigenvalue weighted by molar-refractivity contribution is 0.228. The van der Waals surface area contributed by atoms with Crippen molar-refractivity contribution in [3.05, 3.63) is 48.0 Å². The third-order valence-corrected chi connectivity index (χ3v) is 3.86. The third kappa shape index (κ3) is 5.29. The van der Waals surface area contributed by atoms with E-state index in [1.54, 1.807) is 7.11 Å². The molecular weight excluding hydrogens is 316 g/mol. The van der Waals surface area contributed by atoms with Gasteiger partial charge in [-0.05, 0) is 44.2 Å². The van der Waals surface area contributed by atoms with Crippen molar-refractivity contribution in [2.75, 3.05) is 37.5 Å². The van der Waals surface area contributed by atoms with E-state index in [0.717, 1.165) is 28.4 Å². The van der Waals surface area contributed by atoms with Crippen LogP contribution in [0.1, 0.15) is 19.4 Å². The highest BCUT2D eigenvalue weighted by molar-refractivity contribution is 5.56. The number of hydrogen-bond acceptors (Lipinski definition) is 5. The molecule has 0 heterocycles. The molecule has 0 unspecified atom stereocenters. The number of hydrogen-bond donors (Lipinski definition) is 2. The first-order valence-electron chi connectivity index (χ1n) is 8.53. The number of aliphatic hydroxyl groups excluding tert-OH is 1. The van der Waals surface area contributed by atoms with E-state index >= 15 is 0 Å². The lowest BCUT2D eigenvalue weighted by Crippen LogP contribution is -2.20. The summed E-state index contributed by atoms with van der Waals surface area (Å²) >= 11 is 0. The van der Waals surface area contributed by atoms with Crippen LogP contribution in [-0.4, -0.2) is 38.5 Å². The first-order chi connectivity index (χ1) is 12.0. The van der Waals surface area contributed by atoms with Crippen LogP contribution in [0.5, 0.6) is 11.5 Å². The molecular formula is C20H28N2O3. The van der Waals surface area contributed by atoms with Gasteiger partial charge in [-0.3, -0.25) is 0 Å². The van der Waals surface area contributed by atoms with Crippen LogP contribution in [0.4, 0.5) is 11.4 Å². The molecule has 2 N–H and O–H groups in total. The van der Waals surface area contributed by atoms with Crippen LogP contribution in [0.25, 0.3) is 0 Å². The molecule has 0 aliphatic rings. The van der Waals surface area contributed by atoms with Crippen LogP contribution in [-0.2, 0) is 6.54 Å². The number of nitrogens with zero attached hydrogens (tertiary/aromatic N) is 1. The van der Waals surface area contributed by atoms with E-state index in [1.807, 2.05) is 68.3 Å². The van der Waals surface area contributed by atoms with Crippen LogP contribution in [0, 0.1) is 0 Å². The highest BCUT2D eigenvalue weighted by Gasteiger charge is 2.12. The summed E-state index contributed by atoms with van der Waals surface area (Å²) in [5.74, 6) is 1.53. The summed E-state index contributed by atoms with van der Waals surface area (Å²) in [7, 11) is 3.62. The average Bonchev–Trinajstić information content (AvgIpc) is 2.61. The predicted molar refractivity (Wildman–Crippen MR) is 103 cm³/mol. The summed E-state index contributed by atoms with van der Waals surface area (Å²) in [6.45, 7) is 5.42. The first kappa shape index (κ1) is 18.9. The Morgan fingerprint density at radius 3 is 2.44 bits per heavy atom. The fourth-order valence-electron chi connectivity index (χ4n) is 2.54. The number of anilines is 2. The highest BCUT2D eigenvalue weighted by atomic mass is 16.5. The Hall–Kier alpha value is -2.40. The van der Waals surface area contributed by atoms with Gasteiger partial charge in [0.2, 0.25) is 0 Å². The molecule has 25 heavy (non-hydrogen) atoms. The molecule has 0 aromatic heterocycles. The van der Waals surface area contributed by atoms with Crippen molar-refractivity contribution >= 4 is 11.4 Å². The van der Waals surface area contributed by atoms with Gasteiger partial charge in [0.25, 0.3) is 0 Å². The molecule has 0 aliphatic carbocycles. The largest absolute Gasteiger partial charge is 0.493 e. The summed E-state index contributed by atoms with van der Waals surface area (Å²) in [6.07, 6.45) is 0.0800. The summed E-state index contributed by atoms with van der Waals surface area (Å²) in [6, 6.07) is 14.1. The SMILES string of the molecule is COc1cccc(CNc2ccc(N(C)CCO)cc2)c1OC(C)C. The summed E-state index contributed by atoms with van der Waals surface area (Å²) in [4.78, 5) is 2.01. The lowest BCUT2D eigenvalue weighted by Gasteiger charge is -2.19. The Morgan fingerprint density at radius 2 is 1.84 bits per heavy atom. The van der Waals surface area contributed by atoms with Crippen LogP contribution in [0.2, 0.25) is 0 Å². The quantitative estimate of drug-likeness (QED) is 0.729. The normalized spacial score (nSPS) is 10.6. The van der Waals surface area contributed by atoms with Gasteiger partial charge in [0.05, 0.1) is 19.8 Å². The van der Waals surface area contributed by atoms with Gasteiger partial charge in [-0.1, -0.05) is 12.1 Å². The van der Waals surface area contributed by atoms with E-state index in [4.69, 9.17) is 14.6 Å².